The summed E-state index contributed by atoms with van der Waals surface area (Å²) in [5.41, 5.74) is 2.23. The van der Waals surface area contributed by atoms with Crippen LogP contribution in [0.3, 0.4) is 0 Å². The van der Waals surface area contributed by atoms with Crippen molar-refractivity contribution in [2.75, 3.05) is 5.88 Å². The molecule has 1 aromatic heterocycles. The van der Waals surface area contributed by atoms with Gasteiger partial charge in [0.2, 0.25) is 10.0 Å². The highest BCUT2D eigenvalue weighted by Crippen LogP contribution is 2.18. The van der Waals surface area contributed by atoms with Crippen molar-refractivity contribution in [1.82, 2.24) is 4.72 Å². The first-order valence-electron chi connectivity index (χ1n) is 6.76. The maximum absolute atomic E-state index is 12.3. The van der Waals surface area contributed by atoms with Gasteiger partial charge in [0.1, 0.15) is 0 Å². The molecule has 114 valence electrons. The van der Waals surface area contributed by atoms with E-state index in [4.69, 9.17) is 11.6 Å². The van der Waals surface area contributed by atoms with Crippen LogP contribution in [0.2, 0.25) is 0 Å². The molecule has 0 amide bonds. The van der Waals surface area contributed by atoms with Crippen LogP contribution in [0.5, 0.6) is 0 Å². The second-order valence-electron chi connectivity index (χ2n) is 4.63. The highest BCUT2D eigenvalue weighted by atomic mass is 35.5. The van der Waals surface area contributed by atoms with Crippen LogP contribution in [-0.2, 0) is 29.4 Å². The van der Waals surface area contributed by atoms with Crippen molar-refractivity contribution in [2.45, 2.75) is 31.2 Å². The number of sulfonamides is 1. The third-order valence-corrected chi connectivity index (χ3v) is 5.83. The molecule has 0 radical (unpaired) electrons. The molecule has 0 saturated carbocycles. The topological polar surface area (TPSA) is 46.2 Å². The Labute approximate surface area is 135 Å². The molecule has 2 aromatic rings. The van der Waals surface area contributed by atoms with Crippen LogP contribution in [-0.4, -0.2) is 14.3 Å². The molecule has 2 rings (SSSR count). The van der Waals surface area contributed by atoms with Crippen LogP contribution in [0.1, 0.15) is 22.9 Å². The molecule has 1 heterocycles. The normalized spacial score (nSPS) is 11.7. The quantitative estimate of drug-likeness (QED) is 0.781. The van der Waals surface area contributed by atoms with Gasteiger partial charge in [0.15, 0.2) is 0 Å². The van der Waals surface area contributed by atoms with Gasteiger partial charge in [-0.2, -0.15) is 0 Å². The number of benzene rings is 1. The number of hydrogen-bond acceptors (Lipinski definition) is 3. The van der Waals surface area contributed by atoms with Crippen LogP contribution < -0.4 is 4.72 Å². The zero-order chi connectivity index (χ0) is 15.3. The van der Waals surface area contributed by atoms with Gasteiger partial charge >= 0.3 is 0 Å². The number of halogens is 1. The summed E-state index contributed by atoms with van der Waals surface area (Å²) >= 11 is 7.25. The first kappa shape index (κ1) is 16.5. The van der Waals surface area contributed by atoms with E-state index < -0.39 is 10.0 Å². The average molecular weight is 344 g/mol. The average Bonchev–Trinajstić information content (AvgIpc) is 2.94. The van der Waals surface area contributed by atoms with Crippen LogP contribution in [0, 0.1) is 0 Å². The van der Waals surface area contributed by atoms with Crippen molar-refractivity contribution < 1.29 is 8.42 Å². The SMILES string of the molecule is CCc1ccsc1CNS(=O)(=O)c1ccc(CCCl)cc1. The number of nitrogens with one attached hydrogen (secondary N) is 1. The number of alkyl halides is 1. The summed E-state index contributed by atoms with van der Waals surface area (Å²) in [7, 11) is -3.47. The van der Waals surface area contributed by atoms with Crippen molar-refractivity contribution in [1.29, 1.82) is 0 Å². The summed E-state index contributed by atoms with van der Waals surface area (Å²) < 4.78 is 27.2. The second kappa shape index (κ2) is 7.40. The minimum atomic E-state index is -3.47. The molecule has 0 aliphatic heterocycles. The van der Waals surface area contributed by atoms with Crippen LogP contribution >= 0.6 is 22.9 Å². The van der Waals surface area contributed by atoms with Crippen molar-refractivity contribution >= 4 is 33.0 Å². The maximum Gasteiger partial charge on any atom is 0.240 e. The molecule has 3 nitrogen and oxygen atoms in total. The Morgan fingerprint density at radius 3 is 2.52 bits per heavy atom. The zero-order valence-electron chi connectivity index (χ0n) is 11.8. The lowest BCUT2D eigenvalue weighted by atomic mass is 10.2. The lowest BCUT2D eigenvalue weighted by molar-refractivity contribution is 0.581. The Bertz CT molecular complexity index is 678. The lowest BCUT2D eigenvalue weighted by Crippen LogP contribution is -2.23. The van der Waals surface area contributed by atoms with Gasteiger partial charge in [0, 0.05) is 17.3 Å². The molecule has 1 N–H and O–H groups in total. The minimum Gasteiger partial charge on any atom is -0.207 e. The lowest BCUT2D eigenvalue weighted by Gasteiger charge is -2.08. The van der Waals surface area contributed by atoms with E-state index in [0.717, 1.165) is 23.3 Å². The van der Waals surface area contributed by atoms with E-state index in [1.165, 1.54) is 5.56 Å². The number of hydrogen-bond donors (Lipinski definition) is 1. The van der Waals surface area contributed by atoms with E-state index >= 15 is 0 Å². The summed E-state index contributed by atoms with van der Waals surface area (Å²) in [6.45, 7) is 2.41. The van der Waals surface area contributed by atoms with Gasteiger partial charge in [-0.15, -0.1) is 22.9 Å². The molecule has 0 aliphatic rings. The molecule has 0 atom stereocenters. The summed E-state index contributed by atoms with van der Waals surface area (Å²) in [4.78, 5) is 1.36. The minimum absolute atomic E-state index is 0.287. The molecule has 6 heteroatoms. The molecule has 0 saturated heterocycles. The monoisotopic (exact) mass is 343 g/mol. The fourth-order valence-electron chi connectivity index (χ4n) is 2.03. The largest absolute Gasteiger partial charge is 0.240 e. The molecule has 0 aliphatic carbocycles. The van der Waals surface area contributed by atoms with E-state index in [1.807, 2.05) is 11.4 Å². The standard InChI is InChI=1S/C15H18ClNO2S2/c1-2-13-8-10-20-15(13)11-17-21(18,19)14-5-3-12(4-6-14)7-9-16/h3-6,8,10,17H,2,7,9,11H2,1H3. The number of thiophene rings is 1. The van der Waals surface area contributed by atoms with Gasteiger partial charge in [0.25, 0.3) is 0 Å². The molecule has 0 bridgehead atoms. The van der Waals surface area contributed by atoms with Gasteiger partial charge in [-0.25, -0.2) is 13.1 Å². The Morgan fingerprint density at radius 1 is 1.19 bits per heavy atom. The first-order chi connectivity index (χ1) is 10.1. The van der Waals surface area contributed by atoms with Gasteiger partial charge in [-0.3, -0.25) is 0 Å². The van der Waals surface area contributed by atoms with Gasteiger partial charge in [-0.05, 0) is 47.5 Å². The Hall–Kier alpha value is -0.880. The molecule has 0 fully saturated rings. The van der Waals surface area contributed by atoms with Crippen LogP contribution in [0.15, 0.2) is 40.6 Å². The summed E-state index contributed by atoms with van der Waals surface area (Å²) in [6, 6.07) is 8.90. The Balaban J connectivity index is 2.07. The first-order valence-corrected chi connectivity index (χ1v) is 9.66. The van der Waals surface area contributed by atoms with Crippen LogP contribution in [0.25, 0.3) is 0 Å². The smallest absolute Gasteiger partial charge is 0.207 e. The number of aryl methyl sites for hydroxylation is 2. The van der Waals surface area contributed by atoms with E-state index in [2.05, 4.69) is 11.6 Å². The zero-order valence-corrected chi connectivity index (χ0v) is 14.2. The highest BCUT2D eigenvalue weighted by Gasteiger charge is 2.14. The van der Waals surface area contributed by atoms with E-state index in [9.17, 15) is 8.42 Å². The molecular weight excluding hydrogens is 326 g/mol. The van der Waals surface area contributed by atoms with E-state index in [-0.39, 0.29) is 4.90 Å². The van der Waals surface area contributed by atoms with Gasteiger partial charge in [0.05, 0.1) is 4.90 Å². The maximum atomic E-state index is 12.3. The molecule has 0 spiro atoms. The van der Waals surface area contributed by atoms with E-state index in [1.54, 1.807) is 35.6 Å². The highest BCUT2D eigenvalue weighted by molar-refractivity contribution is 7.89. The Morgan fingerprint density at radius 2 is 1.90 bits per heavy atom. The van der Waals surface area contributed by atoms with E-state index in [0.29, 0.717) is 12.4 Å². The van der Waals surface area contributed by atoms with Crippen LogP contribution in [0.4, 0.5) is 0 Å². The third-order valence-electron chi connectivity index (χ3n) is 3.26. The second-order valence-corrected chi connectivity index (χ2v) is 7.78. The number of rotatable bonds is 7. The Kier molecular flexibility index (Phi) is 5.81. The fraction of sp³-hybridized carbons (Fsp3) is 0.333. The summed E-state index contributed by atoms with van der Waals surface area (Å²) in [5.74, 6) is 0.530. The summed E-state index contributed by atoms with van der Waals surface area (Å²) in [5, 5.41) is 1.99. The predicted octanol–water partition coefficient (Wildman–Crippen LogP) is 3.57. The molecule has 21 heavy (non-hydrogen) atoms. The molecule has 0 unspecified atom stereocenters. The van der Waals surface area contributed by atoms with Crippen molar-refractivity contribution in [3.63, 3.8) is 0 Å². The molecule has 1 aromatic carbocycles. The molecular formula is C15H18ClNO2S2. The third kappa shape index (κ3) is 4.30. The fourth-order valence-corrected chi connectivity index (χ4v) is 4.25. The predicted molar refractivity (Wildman–Crippen MR) is 88.6 cm³/mol. The summed E-state index contributed by atoms with van der Waals surface area (Å²) in [6.07, 6.45) is 1.65. The van der Waals surface area contributed by atoms with Crippen molar-refractivity contribution in [2.24, 2.45) is 0 Å². The van der Waals surface area contributed by atoms with Gasteiger partial charge < -0.3 is 0 Å². The van der Waals surface area contributed by atoms with Gasteiger partial charge in [-0.1, -0.05) is 19.1 Å². The van der Waals surface area contributed by atoms with Crippen molar-refractivity contribution in [3.05, 3.63) is 51.7 Å². The van der Waals surface area contributed by atoms with Crippen molar-refractivity contribution in [3.8, 4) is 0 Å².